The maximum atomic E-state index is 12.0. The van der Waals surface area contributed by atoms with Crippen LogP contribution < -0.4 is 0 Å². The van der Waals surface area contributed by atoms with Crippen molar-refractivity contribution in [3.63, 3.8) is 0 Å². The van der Waals surface area contributed by atoms with E-state index in [2.05, 4.69) is 20.6 Å². The van der Waals surface area contributed by atoms with Crippen molar-refractivity contribution in [3.05, 3.63) is 11.1 Å². The van der Waals surface area contributed by atoms with Crippen molar-refractivity contribution < 1.29 is 4.79 Å². The van der Waals surface area contributed by atoms with E-state index in [0.717, 1.165) is 19.5 Å². The summed E-state index contributed by atoms with van der Waals surface area (Å²) >= 11 is 1.18. The third-order valence-corrected chi connectivity index (χ3v) is 3.66. The second-order valence-electron chi connectivity index (χ2n) is 4.17. The van der Waals surface area contributed by atoms with Crippen LogP contribution in [0.3, 0.4) is 0 Å². The van der Waals surface area contributed by atoms with Crippen LogP contribution in [0, 0.1) is 11.3 Å². The maximum absolute atomic E-state index is 12.0. The fourth-order valence-electron chi connectivity index (χ4n) is 2.09. The normalized spacial score (nSPS) is 18.3. The third kappa shape index (κ3) is 2.66. The van der Waals surface area contributed by atoms with E-state index < -0.39 is 0 Å². The van der Waals surface area contributed by atoms with Crippen molar-refractivity contribution in [2.75, 3.05) is 26.2 Å². The van der Waals surface area contributed by atoms with E-state index in [1.54, 1.807) is 10.3 Å². The number of nitrogens with zero attached hydrogens (tertiary/aromatic N) is 5. The Morgan fingerprint density at radius 3 is 2.78 bits per heavy atom. The molecule has 1 aliphatic rings. The lowest BCUT2D eigenvalue weighted by molar-refractivity contribution is 0.0599. The molecule has 1 aromatic rings. The molecule has 1 fully saturated rings. The second kappa shape index (κ2) is 5.89. The Morgan fingerprint density at radius 2 is 2.28 bits per heavy atom. The number of aromatic nitrogens is 2. The van der Waals surface area contributed by atoms with Crippen molar-refractivity contribution in [3.8, 4) is 6.07 Å². The van der Waals surface area contributed by atoms with Gasteiger partial charge in [-0.05, 0) is 18.0 Å². The Labute approximate surface area is 110 Å². The van der Waals surface area contributed by atoms with Crippen molar-refractivity contribution in [2.24, 2.45) is 0 Å². The van der Waals surface area contributed by atoms with Crippen LogP contribution in [0.15, 0.2) is 5.38 Å². The first-order valence-electron chi connectivity index (χ1n) is 5.96. The summed E-state index contributed by atoms with van der Waals surface area (Å²) in [6, 6.07) is 2.26. The van der Waals surface area contributed by atoms with Crippen molar-refractivity contribution in [1.82, 2.24) is 19.4 Å². The number of hydrogen-bond acceptors (Lipinski definition) is 6. The highest BCUT2D eigenvalue weighted by atomic mass is 32.1. The number of nitriles is 1. The zero-order valence-corrected chi connectivity index (χ0v) is 11.1. The Bertz CT molecular complexity index is 433. The topological polar surface area (TPSA) is 73.1 Å². The zero-order chi connectivity index (χ0) is 13.0. The Kier molecular flexibility index (Phi) is 4.23. The van der Waals surface area contributed by atoms with Crippen LogP contribution in [0.1, 0.15) is 23.8 Å². The summed E-state index contributed by atoms with van der Waals surface area (Å²) in [7, 11) is 0. The highest BCUT2D eigenvalue weighted by molar-refractivity contribution is 7.03. The molecule has 1 atom stereocenters. The fraction of sp³-hybridized carbons (Fsp3) is 0.636. The van der Waals surface area contributed by atoms with Crippen LogP contribution in [0.25, 0.3) is 0 Å². The molecule has 1 unspecified atom stereocenters. The van der Waals surface area contributed by atoms with Crippen LogP contribution in [-0.4, -0.2) is 57.5 Å². The molecule has 7 heteroatoms. The molecule has 0 saturated carbocycles. The molecule has 1 aliphatic heterocycles. The molecule has 0 N–H and O–H groups in total. The highest BCUT2D eigenvalue weighted by Crippen LogP contribution is 2.11. The maximum Gasteiger partial charge on any atom is 0.275 e. The predicted octanol–water partition coefficient (Wildman–Crippen LogP) is 0.598. The van der Waals surface area contributed by atoms with Gasteiger partial charge < -0.3 is 4.90 Å². The number of amides is 1. The number of carbonyl (C=O) groups is 1. The molecular weight excluding hydrogens is 250 g/mol. The first-order chi connectivity index (χ1) is 8.76. The first-order valence-corrected chi connectivity index (χ1v) is 6.80. The van der Waals surface area contributed by atoms with Gasteiger partial charge in [-0.1, -0.05) is 11.4 Å². The van der Waals surface area contributed by atoms with E-state index in [1.807, 2.05) is 6.92 Å². The second-order valence-corrected chi connectivity index (χ2v) is 4.78. The van der Waals surface area contributed by atoms with Gasteiger partial charge in [-0.25, -0.2) is 0 Å². The molecule has 0 spiro atoms. The summed E-state index contributed by atoms with van der Waals surface area (Å²) in [5.41, 5.74) is 0.417. The quantitative estimate of drug-likeness (QED) is 0.800. The van der Waals surface area contributed by atoms with Gasteiger partial charge in [-0.2, -0.15) is 5.26 Å². The van der Waals surface area contributed by atoms with E-state index >= 15 is 0 Å². The average Bonchev–Trinajstić information content (AvgIpc) is 2.94. The molecule has 2 heterocycles. The standard InChI is InChI=1S/C11H15N5OS/c1-2-9(7-12)15-3-5-16(6-4-15)11(17)10-8-18-14-13-10/h8-9H,2-6H2,1H3. The fourth-order valence-corrected chi connectivity index (χ4v) is 2.52. The molecule has 0 bridgehead atoms. The van der Waals surface area contributed by atoms with Gasteiger partial charge in [0.2, 0.25) is 0 Å². The van der Waals surface area contributed by atoms with E-state index in [0.29, 0.717) is 18.8 Å². The highest BCUT2D eigenvalue weighted by Gasteiger charge is 2.26. The van der Waals surface area contributed by atoms with E-state index in [1.165, 1.54) is 11.5 Å². The minimum Gasteiger partial charge on any atom is -0.335 e. The van der Waals surface area contributed by atoms with E-state index in [9.17, 15) is 4.79 Å². The third-order valence-electron chi connectivity index (χ3n) is 3.16. The van der Waals surface area contributed by atoms with Gasteiger partial charge in [-0.15, -0.1) is 5.10 Å². The van der Waals surface area contributed by atoms with E-state index in [4.69, 9.17) is 5.26 Å². The average molecular weight is 265 g/mol. The monoisotopic (exact) mass is 265 g/mol. The number of hydrogen-bond donors (Lipinski definition) is 0. The van der Waals surface area contributed by atoms with Crippen molar-refractivity contribution in [2.45, 2.75) is 19.4 Å². The molecule has 18 heavy (non-hydrogen) atoms. The summed E-state index contributed by atoms with van der Waals surface area (Å²) < 4.78 is 3.70. The lowest BCUT2D eigenvalue weighted by Crippen LogP contribution is -2.51. The number of carbonyl (C=O) groups excluding carboxylic acids is 1. The van der Waals surface area contributed by atoms with Gasteiger partial charge >= 0.3 is 0 Å². The minimum absolute atomic E-state index is 0.0387. The Morgan fingerprint density at radius 1 is 1.56 bits per heavy atom. The number of rotatable bonds is 3. The molecule has 6 nitrogen and oxygen atoms in total. The predicted molar refractivity (Wildman–Crippen MR) is 67.1 cm³/mol. The lowest BCUT2D eigenvalue weighted by Gasteiger charge is -2.36. The molecule has 1 amide bonds. The minimum atomic E-state index is -0.0617. The van der Waals surface area contributed by atoms with Crippen LogP contribution in [0.5, 0.6) is 0 Å². The summed E-state index contributed by atoms with van der Waals surface area (Å²) in [4.78, 5) is 15.9. The smallest absolute Gasteiger partial charge is 0.275 e. The molecule has 0 radical (unpaired) electrons. The lowest BCUT2D eigenvalue weighted by atomic mass is 10.2. The van der Waals surface area contributed by atoms with Gasteiger partial charge in [0.1, 0.15) is 0 Å². The van der Waals surface area contributed by atoms with Crippen molar-refractivity contribution >= 4 is 17.4 Å². The van der Waals surface area contributed by atoms with Crippen LogP contribution in [0.4, 0.5) is 0 Å². The molecule has 1 saturated heterocycles. The molecule has 2 rings (SSSR count). The largest absolute Gasteiger partial charge is 0.335 e. The first kappa shape index (κ1) is 12.9. The summed E-state index contributed by atoms with van der Waals surface area (Å²) in [6.45, 7) is 4.79. The molecule has 0 aliphatic carbocycles. The molecular formula is C11H15N5OS. The van der Waals surface area contributed by atoms with Gasteiger partial charge in [0.25, 0.3) is 5.91 Å². The Hall–Kier alpha value is -1.52. The zero-order valence-electron chi connectivity index (χ0n) is 10.2. The van der Waals surface area contributed by atoms with Gasteiger partial charge in [0, 0.05) is 31.6 Å². The van der Waals surface area contributed by atoms with Crippen LogP contribution in [0.2, 0.25) is 0 Å². The van der Waals surface area contributed by atoms with Crippen LogP contribution in [-0.2, 0) is 0 Å². The summed E-state index contributed by atoms with van der Waals surface area (Å²) in [5.74, 6) is -0.0617. The SMILES string of the molecule is CCC(C#N)N1CCN(C(=O)c2csnn2)CC1. The van der Waals surface area contributed by atoms with Gasteiger partial charge in [-0.3, -0.25) is 9.69 Å². The van der Waals surface area contributed by atoms with Crippen LogP contribution >= 0.6 is 11.5 Å². The summed E-state index contributed by atoms with van der Waals surface area (Å²) in [5, 5.41) is 14.5. The van der Waals surface area contributed by atoms with Gasteiger partial charge in [0.05, 0.1) is 12.1 Å². The molecule has 96 valence electrons. The molecule has 1 aromatic heterocycles. The van der Waals surface area contributed by atoms with E-state index in [-0.39, 0.29) is 11.9 Å². The van der Waals surface area contributed by atoms with Gasteiger partial charge in [0.15, 0.2) is 5.69 Å². The summed E-state index contributed by atoms with van der Waals surface area (Å²) in [6.07, 6.45) is 0.820. The van der Waals surface area contributed by atoms with Crippen molar-refractivity contribution in [1.29, 1.82) is 5.26 Å². The Balaban J connectivity index is 1.91. The molecule has 0 aromatic carbocycles. The number of piperazine rings is 1.